The summed E-state index contributed by atoms with van der Waals surface area (Å²) in [4.78, 5) is 28.0. The highest BCUT2D eigenvalue weighted by Gasteiger charge is 2.28. The highest BCUT2D eigenvalue weighted by Crippen LogP contribution is 2.37. The van der Waals surface area contributed by atoms with Gasteiger partial charge in [0, 0.05) is 23.6 Å². The van der Waals surface area contributed by atoms with E-state index in [0.29, 0.717) is 76.0 Å². The van der Waals surface area contributed by atoms with Crippen LogP contribution in [-0.4, -0.2) is 48.4 Å². The van der Waals surface area contributed by atoms with E-state index >= 15 is 0 Å². The van der Waals surface area contributed by atoms with Crippen LogP contribution in [-0.2, 0) is 22.5 Å². The summed E-state index contributed by atoms with van der Waals surface area (Å²) in [6.45, 7) is 1.33. The molecule has 1 aliphatic heterocycles. The maximum Gasteiger partial charge on any atom is 0.251 e. The third-order valence-electron chi connectivity index (χ3n) is 9.51. The van der Waals surface area contributed by atoms with E-state index in [9.17, 15) is 4.79 Å². The van der Waals surface area contributed by atoms with Gasteiger partial charge in [-0.15, -0.1) is 0 Å². The quantitative estimate of drug-likeness (QED) is 0.162. The fourth-order valence-electron chi connectivity index (χ4n) is 6.95. The maximum atomic E-state index is 13.8. The highest BCUT2D eigenvalue weighted by molar-refractivity contribution is 6.29. The molecule has 13 heteroatoms. The molecule has 7 aromatic rings. The normalized spacial score (nSPS) is 15.5. The summed E-state index contributed by atoms with van der Waals surface area (Å²) < 4.78 is 21.4. The van der Waals surface area contributed by atoms with E-state index in [2.05, 4.69) is 27.5 Å². The van der Waals surface area contributed by atoms with Crippen molar-refractivity contribution >= 4 is 34.5 Å². The van der Waals surface area contributed by atoms with Crippen molar-refractivity contribution in [3.05, 3.63) is 142 Å². The zero-order valence-corrected chi connectivity index (χ0v) is 29.1. The van der Waals surface area contributed by atoms with Crippen LogP contribution in [0.3, 0.4) is 0 Å². The van der Waals surface area contributed by atoms with Gasteiger partial charge in [-0.05, 0) is 90.2 Å². The first-order valence-corrected chi connectivity index (χ1v) is 17.7. The van der Waals surface area contributed by atoms with E-state index in [-0.39, 0.29) is 11.9 Å². The molecule has 1 unspecified atom stereocenters. The predicted molar refractivity (Wildman–Crippen MR) is 199 cm³/mol. The molecule has 12 nitrogen and oxygen atoms in total. The van der Waals surface area contributed by atoms with Crippen molar-refractivity contribution in [3.8, 4) is 28.6 Å². The minimum atomic E-state index is -0.603. The predicted octanol–water partition coefficient (Wildman–Crippen LogP) is 6.95. The van der Waals surface area contributed by atoms with Crippen LogP contribution in [0.25, 0.3) is 34.1 Å². The van der Waals surface area contributed by atoms with Crippen LogP contribution in [0.5, 0.6) is 5.75 Å². The Labute approximate surface area is 309 Å². The number of imidazole rings is 1. The lowest BCUT2D eigenvalue weighted by molar-refractivity contribution is -0.0459. The SMILES string of the molecule is Nc1ncccc1-c1nc2ccc(-n3ccc(Cl)n3)nc2n1-c1ccc2c(c1)CCC2NC(=O)c1ccc(OCc2ccccc2)c(C2OCCO2)c1. The summed E-state index contributed by atoms with van der Waals surface area (Å²) in [7, 11) is 0. The number of aromatic nitrogens is 6. The van der Waals surface area contributed by atoms with Gasteiger partial charge in [0.1, 0.15) is 23.7 Å². The number of ether oxygens (including phenoxy) is 3. The molecular formula is C40H33ClN8O4. The number of pyridine rings is 2. The van der Waals surface area contributed by atoms with Crippen molar-refractivity contribution in [3.63, 3.8) is 0 Å². The van der Waals surface area contributed by atoms with Crippen molar-refractivity contribution in [1.82, 2.24) is 34.6 Å². The molecule has 4 aromatic heterocycles. The second kappa shape index (κ2) is 13.8. The Morgan fingerprint density at radius 2 is 1.81 bits per heavy atom. The lowest BCUT2D eigenvalue weighted by Gasteiger charge is -2.19. The second-order valence-electron chi connectivity index (χ2n) is 12.9. The number of halogens is 1. The molecule has 1 saturated heterocycles. The van der Waals surface area contributed by atoms with E-state index in [1.165, 1.54) is 0 Å². The molecule has 3 N–H and O–H groups in total. The highest BCUT2D eigenvalue weighted by atomic mass is 35.5. The number of amides is 1. The number of nitrogens with two attached hydrogens (primary N) is 1. The van der Waals surface area contributed by atoms with Gasteiger partial charge in [-0.1, -0.05) is 48.0 Å². The van der Waals surface area contributed by atoms with Crippen LogP contribution in [0, 0.1) is 0 Å². The molecular weight excluding hydrogens is 692 g/mol. The van der Waals surface area contributed by atoms with Crippen LogP contribution in [0.2, 0.25) is 5.15 Å². The fourth-order valence-corrected chi connectivity index (χ4v) is 7.09. The van der Waals surface area contributed by atoms with Gasteiger partial charge in [-0.2, -0.15) is 5.10 Å². The number of hydrogen-bond acceptors (Lipinski definition) is 9. The van der Waals surface area contributed by atoms with E-state index < -0.39 is 6.29 Å². The molecule has 0 bridgehead atoms. The number of carbonyl (C=O) groups excluding carboxylic acids is 1. The summed E-state index contributed by atoms with van der Waals surface area (Å²) in [6, 6.07) is 30.5. The Bertz CT molecular complexity index is 2480. The summed E-state index contributed by atoms with van der Waals surface area (Å²) in [5.74, 6) is 1.98. The average Bonchev–Trinajstić information content (AvgIpc) is 4.01. The minimum absolute atomic E-state index is 0.176. The molecule has 0 radical (unpaired) electrons. The van der Waals surface area contributed by atoms with Gasteiger partial charge in [0.2, 0.25) is 0 Å². The number of nitrogen functional groups attached to an aromatic ring is 1. The number of nitrogens with one attached hydrogen (secondary N) is 1. The zero-order chi connectivity index (χ0) is 35.9. The monoisotopic (exact) mass is 724 g/mol. The first kappa shape index (κ1) is 32.8. The molecule has 5 heterocycles. The van der Waals surface area contributed by atoms with Gasteiger partial charge in [-0.3, -0.25) is 9.36 Å². The third kappa shape index (κ3) is 6.37. The topological polar surface area (TPSA) is 144 Å². The number of hydrogen-bond donors (Lipinski definition) is 2. The Morgan fingerprint density at radius 1 is 0.943 bits per heavy atom. The zero-order valence-electron chi connectivity index (χ0n) is 28.4. The van der Waals surface area contributed by atoms with Crippen LogP contribution in [0.4, 0.5) is 5.82 Å². The number of aryl methyl sites for hydroxylation is 1. The van der Waals surface area contributed by atoms with E-state index in [1.54, 1.807) is 35.3 Å². The van der Waals surface area contributed by atoms with Crippen molar-refractivity contribution in [1.29, 1.82) is 0 Å². The summed E-state index contributed by atoms with van der Waals surface area (Å²) in [5.41, 5.74) is 13.6. The van der Waals surface area contributed by atoms with Gasteiger partial charge in [-0.25, -0.2) is 19.6 Å². The lowest BCUT2D eigenvalue weighted by atomic mass is 10.1. The van der Waals surface area contributed by atoms with Gasteiger partial charge in [0.05, 0.1) is 30.4 Å². The number of benzene rings is 3. The number of rotatable bonds is 9. The Morgan fingerprint density at radius 3 is 2.62 bits per heavy atom. The molecule has 2 aliphatic rings. The van der Waals surface area contributed by atoms with Gasteiger partial charge in [0.25, 0.3) is 5.91 Å². The van der Waals surface area contributed by atoms with E-state index in [1.807, 2.05) is 71.3 Å². The van der Waals surface area contributed by atoms with Crippen LogP contribution < -0.4 is 15.8 Å². The molecule has 1 fully saturated rings. The number of carbonyl (C=O) groups is 1. The van der Waals surface area contributed by atoms with Crippen LogP contribution in [0.1, 0.15) is 51.4 Å². The minimum Gasteiger partial charge on any atom is -0.488 e. The maximum absolute atomic E-state index is 13.8. The Kier molecular flexibility index (Phi) is 8.55. The number of fused-ring (bicyclic) bond motifs is 2. The number of anilines is 1. The van der Waals surface area contributed by atoms with E-state index in [4.69, 9.17) is 41.5 Å². The van der Waals surface area contributed by atoms with Gasteiger partial charge >= 0.3 is 0 Å². The molecule has 0 spiro atoms. The van der Waals surface area contributed by atoms with Crippen molar-refractivity contribution < 1.29 is 19.0 Å². The molecule has 1 atom stereocenters. The fraction of sp³-hybridized carbons (Fsp3) is 0.175. The Hall–Kier alpha value is -6.08. The smallest absolute Gasteiger partial charge is 0.251 e. The second-order valence-corrected chi connectivity index (χ2v) is 13.2. The molecule has 9 rings (SSSR count). The molecule has 264 valence electrons. The van der Waals surface area contributed by atoms with Gasteiger partial charge in [0.15, 0.2) is 28.7 Å². The molecule has 1 aliphatic carbocycles. The standard InChI is InChI=1S/C40H33ClN8O4/c41-34-16-18-48(47-34)35-15-13-32-38(46-35)49(37(44-32)29-7-4-17-43-36(29)42)27-10-11-28-25(21-27)8-12-31(28)45-39(50)26-9-14-33(30(22-26)40-51-19-20-52-40)53-23-24-5-2-1-3-6-24/h1-7,9-11,13-18,21-22,31,40H,8,12,19-20,23H2,(H2,42,43)(H,45,50). The Balaban J connectivity index is 1.01. The van der Waals surface area contributed by atoms with E-state index in [0.717, 1.165) is 35.2 Å². The average molecular weight is 725 g/mol. The van der Waals surface area contributed by atoms with Crippen LogP contribution >= 0.6 is 11.6 Å². The summed E-state index contributed by atoms with van der Waals surface area (Å²) in [5, 5.41) is 7.96. The van der Waals surface area contributed by atoms with Crippen LogP contribution in [0.15, 0.2) is 109 Å². The summed E-state index contributed by atoms with van der Waals surface area (Å²) >= 11 is 6.12. The largest absolute Gasteiger partial charge is 0.488 e. The molecule has 53 heavy (non-hydrogen) atoms. The van der Waals surface area contributed by atoms with Gasteiger partial charge < -0.3 is 25.3 Å². The first-order chi connectivity index (χ1) is 26.0. The first-order valence-electron chi connectivity index (χ1n) is 17.3. The third-order valence-corrected chi connectivity index (χ3v) is 9.71. The summed E-state index contributed by atoms with van der Waals surface area (Å²) in [6.07, 6.45) is 4.33. The molecule has 3 aromatic carbocycles. The van der Waals surface area contributed by atoms with Crippen molar-refractivity contribution in [2.75, 3.05) is 18.9 Å². The molecule has 0 saturated carbocycles. The van der Waals surface area contributed by atoms with Crippen molar-refractivity contribution in [2.24, 2.45) is 0 Å². The lowest BCUT2D eigenvalue weighted by Crippen LogP contribution is -2.27. The molecule has 1 amide bonds. The van der Waals surface area contributed by atoms with Crippen molar-refractivity contribution in [2.45, 2.75) is 31.8 Å². The number of nitrogens with zero attached hydrogens (tertiary/aromatic N) is 6.